The molecule has 0 unspecified atom stereocenters. The molecule has 0 aliphatic rings. The van der Waals surface area contributed by atoms with Crippen LogP contribution in [-0.2, 0) is 0 Å². The maximum Gasteiger partial charge on any atom is 0.0787 e. The van der Waals surface area contributed by atoms with Crippen LogP contribution in [0.5, 0.6) is 0 Å². The second kappa shape index (κ2) is 6.07. The van der Waals surface area contributed by atoms with Crippen LogP contribution < -0.4 is 0 Å². The third-order valence-corrected chi connectivity index (χ3v) is 3.87. The van der Waals surface area contributed by atoms with Gasteiger partial charge in [0.2, 0.25) is 0 Å². The monoisotopic (exact) mass is 258 g/mol. The lowest BCUT2D eigenvalue weighted by Crippen LogP contribution is -1.93. The van der Waals surface area contributed by atoms with Gasteiger partial charge in [-0.25, -0.2) is 0 Å². The van der Waals surface area contributed by atoms with Gasteiger partial charge in [-0.3, -0.25) is 0 Å². The highest BCUT2D eigenvalue weighted by Gasteiger charge is 2.04. The quantitative estimate of drug-likeness (QED) is 0.865. The molecule has 0 aromatic heterocycles. The van der Waals surface area contributed by atoms with Gasteiger partial charge in [0.1, 0.15) is 0 Å². The molecule has 0 radical (unpaired) electrons. The van der Waals surface area contributed by atoms with Crippen LogP contribution in [0.2, 0.25) is 0 Å². The Labute approximate surface area is 113 Å². The molecule has 0 saturated carbocycles. The van der Waals surface area contributed by atoms with Crippen molar-refractivity contribution in [3.05, 3.63) is 59.7 Å². The number of rotatable bonds is 4. The summed E-state index contributed by atoms with van der Waals surface area (Å²) >= 11 is 1.75. The predicted molar refractivity (Wildman–Crippen MR) is 77.0 cm³/mol. The van der Waals surface area contributed by atoms with Crippen LogP contribution in [0.4, 0.5) is 0 Å². The molecule has 2 aromatic carbocycles. The summed E-state index contributed by atoms with van der Waals surface area (Å²) in [7, 11) is 0. The fraction of sp³-hybridized carbons (Fsp3) is 0.250. The van der Waals surface area contributed by atoms with Gasteiger partial charge in [-0.1, -0.05) is 48.5 Å². The van der Waals surface area contributed by atoms with E-state index in [0.717, 1.165) is 12.0 Å². The zero-order valence-electron chi connectivity index (χ0n) is 10.8. The van der Waals surface area contributed by atoms with E-state index >= 15 is 0 Å². The van der Waals surface area contributed by atoms with E-state index < -0.39 is 0 Å². The van der Waals surface area contributed by atoms with Gasteiger partial charge in [-0.2, -0.15) is 0 Å². The van der Waals surface area contributed by atoms with Crippen molar-refractivity contribution in [3.63, 3.8) is 0 Å². The topological polar surface area (TPSA) is 20.2 Å². The Morgan fingerprint density at radius 1 is 1.06 bits per heavy atom. The average Bonchev–Trinajstić information content (AvgIpc) is 2.39. The average molecular weight is 258 g/mol. The van der Waals surface area contributed by atoms with Crippen molar-refractivity contribution >= 4 is 11.8 Å². The Kier molecular flexibility index (Phi) is 4.45. The molecule has 2 aromatic rings. The van der Waals surface area contributed by atoms with Crippen LogP contribution in [0.3, 0.4) is 0 Å². The number of aryl methyl sites for hydroxylation is 1. The number of aliphatic hydroxyl groups excluding tert-OH is 1. The molecular formula is C16H18OS. The molecule has 1 N–H and O–H groups in total. The largest absolute Gasteiger partial charge is 0.388 e. The Morgan fingerprint density at radius 3 is 2.39 bits per heavy atom. The normalized spacial score (nSPS) is 12.4. The third kappa shape index (κ3) is 3.37. The van der Waals surface area contributed by atoms with Crippen molar-refractivity contribution in [2.75, 3.05) is 0 Å². The molecule has 0 amide bonds. The van der Waals surface area contributed by atoms with E-state index in [-0.39, 0.29) is 6.10 Å². The number of hydrogen-bond acceptors (Lipinski definition) is 2. The van der Waals surface area contributed by atoms with Crippen LogP contribution in [-0.4, -0.2) is 5.11 Å². The highest BCUT2D eigenvalue weighted by Crippen LogP contribution is 2.29. The first-order valence-corrected chi connectivity index (χ1v) is 7.03. The number of aliphatic hydroxyl groups is 1. The lowest BCUT2D eigenvalue weighted by atomic mass is 10.1. The summed E-state index contributed by atoms with van der Waals surface area (Å²) in [5.41, 5.74) is 2.27. The van der Waals surface area contributed by atoms with Crippen molar-refractivity contribution in [2.45, 2.75) is 36.2 Å². The lowest BCUT2D eigenvalue weighted by Gasteiger charge is -2.09. The van der Waals surface area contributed by atoms with Gasteiger partial charge in [-0.15, -0.1) is 0 Å². The molecule has 1 nitrogen and oxygen atoms in total. The summed E-state index contributed by atoms with van der Waals surface area (Å²) in [5, 5.41) is 9.74. The highest BCUT2D eigenvalue weighted by atomic mass is 32.2. The Hall–Kier alpha value is -1.25. The van der Waals surface area contributed by atoms with Crippen molar-refractivity contribution in [1.82, 2.24) is 0 Å². The molecule has 1 atom stereocenters. The molecule has 0 aliphatic carbocycles. The molecule has 0 bridgehead atoms. The summed E-state index contributed by atoms with van der Waals surface area (Å²) in [4.78, 5) is 2.45. The van der Waals surface area contributed by atoms with Crippen LogP contribution in [0, 0.1) is 6.92 Å². The van der Waals surface area contributed by atoms with Crippen molar-refractivity contribution in [3.8, 4) is 0 Å². The van der Waals surface area contributed by atoms with E-state index in [2.05, 4.69) is 43.3 Å². The Morgan fingerprint density at radius 2 is 1.78 bits per heavy atom. The van der Waals surface area contributed by atoms with E-state index in [0.29, 0.717) is 0 Å². The second-order valence-corrected chi connectivity index (χ2v) is 5.56. The zero-order chi connectivity index (χ0) is 13.0. The van der Waals surface area contributed by atoms with E-state index in [9.17, 15) is 5.11 Å². The molecular weight excluding hydrogens is 240 g/mol. The van der Waals surface area contributed by atoms with Crippen LogP contribution in [0.15, 0.2) is 58.3 Å². The fourth-order valence-corrected chi connectivity index (χ4v) is 2.74. The van der Waals surface area contributed by atoms with E-state index in [4.69, 9.17) is 0 Å². The van der Waals surface area contributed by atoms with Crippen molar-refractivity contribution < 1.29 is 5.11 Å². The van der Waals surface area contributed by atoms with Gasteiger partial charge in [0.15, 0.2) is 0 Å². The van der Waals surface area contributed by atoms with Gasteiger partial charge in [0, 0.05) is 9.79 Å². The number of hydrogen-bond donors (Lipinski definition) is 1. The van der Waals surface area contributed by atoms with E-state index in [1.807, 2.05) is 19.1 Å². The van der Waals surface area contributed by atoms with E-state index in [1.165, 1.54) is 15.4 Å². The smallest absolute Gasteiger partial charge is 0.0787 e. The zero-order valence-corrected chi connectivity index (χ0v) is 11.6. The molecule has 0 saturated heterocycles. The van der Waals surface area contributed by atoms with Crippen LogP contribution in [0.1, 0.15) is 30.6 Å². The fourth-order valence-electron chi connectivity index (χ4n) is 1.81. The minimum atomic E-state index is -0.344. The van der Waals surface area contributed by atoms with Gasteiger partial charge in [0.25, 0.3) is 0 Å². The number of benzene rings is 2. The molecule has 0 spiro atoms. The molecule has 0 aliphatic heterocycles. The van der Waals surface area contributed by atoms with Gasteiger partial charge < -0.3 is 5.11 Å². The lowest BCUT2D eigenvalue weighted by molar-refractivity contribution is 0.173. The Balaban J connectivity index is 2.11. The van der Waals surface area contributed by atoms with Crippen LogP contribution in [0.25, 0.3) is 0 Å². The maximum absolute atomic E-state index is 9.74. The first-order valence-electron chi connectivity index (χ1n) is 6.21. The summed E-state index contributed by atoms with van der Waals surface area (Å²) in [6.45, 7) is 4.09. The molecule has 2 rings (SSSR count). The van der Waals surface area contributed by atoms with E-state index in [1.54, 1.807) is 11.8 Å². The SMILES string of the molecule is CC[C@@H](O)c1ccc(Sc2cccc(C)c2)cc1. The van der Waals surface area contributed by atoms with Gasteiger partial charge in [0.05, 0.1) is 6.10 Å². The highest BCUT2D eigenvalue weighted by molar-refractivity contribution is 7.99. The summed E-state index contributed by atoms with van der Waals surface area (Å²) in [6, 6.07) is 16.6. The first-order chi connectivity index (χ1) is 8.69. The maximum atomic E-state index is 9.74. The van der Waals surface area contributed by atoms with Crippen molar-refractivity contribution in [1.29, 1.82) is 0 Å². The minimum absolute atomic E-state index is 0.344. The van der Waals surface area contributed by atoms with Gasteiger partial charge in [-0.05, 0) is 43.2 Å². The molecule has 0 fully saturated rings. The second-order valence-electron chi connectivity index (χ2n) is 4.41. The van der Waals surface area contributed by atoms with Gasteiger partial charge >= 0.3 is 0 Å². The third-order valence-electron chi connectivity index (χ3n) is 2.88. The van der Waals surface area contributed by atoms with Crippen LogP contribution >= 0.6 is 11.8 Å². The molecule has 18 heavy (non-hydrogen) atoms. The molecule has 94 valence electrons. The molecule has 2 heteroatoms. The minimum Gasteiger partial charge on any atom is -0.388 e. The summed E-state index contributed by atoms with van der Waals surface area (Å²) in [6.07, 6.45) is 0.410. The Bertz CT molecular complexity index is 505. The summed E-state index contributed by atoms with van der Waals surface area (Å²) in [5.74, 6) is 0. The standard InChI is InChI=1S/C16H18OS/c1-3-16(17)13-7-9-14(10-8-13)18-15-6-4-5-12(2)11-15/h4-11,16-17H,3H2,1-2H3/t16-/m1/s1. The first kappa shape index (κ1) is 13.2. The molecule has 0 heterocycles. The van der Waals surface area contributed by atoms with Crippen molar-refractivity contribution in [2.24, 2.45) is 0 Å². The summed E-state index contributed by atoms with van der Waals surface area (Å²) < 4.78 is 0. The predicted octanol–water partition coefficient (Wildman–Crippen LogP) is 4.59.